The van der Waals surface area contributed by atoms with Gasteiger partial charge in [0.2, 0.25) is 0 Å². The summed E-state index contributed by atoms with van der Waals surface area (Å²) < 4.78 is 163. The number of hydrogen-bond donors (Lipinski definition) is 1. The molecule has 54 heavy (non-hydrogen) atoms. The topological polar surface area (TPSA) is 112 Å². The summed E-state index contributed by atoms with van der Waals surface area (Å²) in [6.45, 7) is 5.28. The molecule has 0 aromatic heterocycles. The minimum absolute atomic E-state index is 0. The van der Waals surface area contributed by atoms with Gasteiger partial charge in [0, 0.05) is 11.8 Å². The lowest BCUT2D eigenvalue weighted by Crippen LogP contribution is -2.50. The molecule has 3 atom stereocenters. The fraction of sp³-hybridized carbons (Fsp3) is 0.500. The van der Waals surface area contributed by atoms with Crippen LogP contribution in [-0.4, -0.2) is 48.3 Å². The van der Waals surface area contributed by atoms with Crippen molar-refractivity contribution in [2.75, 3.05) is 0 Å². The number of rotatable bonds is 17. The molecule has 3 aromatic rings. The third kappa shape index (κ3) is 14.0. The summed E-state index contributed by atoms with van der Waals surface area (Å²) in [5.74, 6) is -13.3. The fourth-order valence-corrected chi connectivity index (χ4v) is 7.94. The summed E-state index contributed by atoms with van der Waals surface area (Å²) in [5, 5.41) is -11.0. The second kappa shape index (κ2) is 22.4. The highest BCUT2D eigenvalue weighted by molar-refractivity contribution is 7.97. The van der Waals surface area contributed by atoms with Gasteiger partial charge in [0.1, 0.15) is 0 Å². The Balaban J connectivity index is 0.000000776. The van der Waals surface area contributed by atoms with Gasteiger partial charge in [-0.3, -0.25) is 4.55 Å². The zero-order valence-corrected chi connectivity index (χ0v) is 34.3. The van der Waals surface area contributed by atoms with Crippen molar-refractivity contribution in [3.8, 4) is 0 Å². The van der Waals surface area contributed by atoms with Crippen LogP contribution < -0.4 is 0 Å². The van der Waals surface area contributed by atoms with Crippen LogP contribution in [0.15, 0.2) is 106 Å². The SMILES string of the molecule is CCCCCC(C)C(F)(F)C(F)(F)S(=O)(=O)O.CCCCCC(C)C(F)(F)C(F)(F)S(=O)(=O)[O-].P.c1ccc([S+](c2ccccc2)c2ccccc2)cc1. The maximum absolute atomic E-state index is 13.2. The second-order valence-corrected chi connectivity index (χ2v) is 17.2. The molecule has 3 rings (SSSR count). The Morgan fingerprint density at radius 2 is 0.852 bits per heavy atom. The van der Waals surface area contributed by atoms with E-state index < -0.39 is 54.4 Å². The number of halogens is 8. The molecule has 308 valence electrons. The molecular weight excluding hydrogens is 808 g/mol. The lowest BCUT2D eigenvalue weighted by molar-refractivity contribution is -0.191. The van der Waals surface area contributed by atoms with Crippen molar-refractivity contribution in [2.24, 2.45) is 11.8 Å². The van der Waals surface area contributed by atoms with E-state index in [4.69, 9.17) is 4.55 Å². The van der Waals surface area contributed by atoms with Gasteiger partial charge in [-0.15, -0.1) is 0 Å². The molecule has 0 fully saturated rings. The van der Waals surface area contributed by atoms with Gasteiger partial charge in [0.25, 0.3) is 0 Å². The molecule has 0 saturated carbocycles. The van der Waals surface area contributed by atoms with E-state index in [9.17, 15) is 56.5 Å². The molecule has 0 saturated heterocycles. The standard InChI is InChI=1S/C18H15S.2C9H16F4O3S.H3P/c1-4-10-16(11-5-1)19(17-12-6-2-7-13-17)18-14-8-3-9-15-18;2*1-3-4-5-6-7(2)8(10,11)9(12,13)17(14,15)16;/h1-15H;2*7H,3-6H2,1-2H3,(H,14,15,16);1H3/q+1;;;/p-1. The number of unbranched alkanes of at least 4 members (excludes halogenated alkanes) is 4. The smallest absolute Gasteiger partial charge is 0.431 e. The molecule has 0 amide bonds. The number of alkyl halides is 8. The normalized spacial score (nSPS) is 13.8. The van der Waals surface area contributed by atoms with E-state index in [1.807, 2.05) is 6.92 Å². The Kier molecular flexibility index (Phi) is 21.5. The average Bonchev–Trinajstić information content (AvgIpc) is 3.09. The zero-order chi connectivity index (χ0) is 40.7. The van der Waals surface area contributed by atoms with Crippen LogP contribution in [0.3, 0.4) is 0 Å². The van der Waals surface area contributed by atoms with E-state index in [2.05, 4.69) is 91.0 Å². The maximum Gasteiger partial charge on any atom is 0.431 e. The molecule has 3 unspecified atom stereocenters. The predicted molar refractivity (Wildman–Crippen MR) is 200 cm³/mol. The van der Waals surface area contributed by atoms with Gasteiger partial charge in [0.15, 0.2) is 24.8 Å². The molecule has 0 aliphatic carbocycles. The summed E-state index contributed by atoms with van der Waals surface area (Å²) in [6, 6.07) is 32.2. The fourth-order valence-electron chi connectivity index (χ4n) is 4.75. The van der Waals surface area contributed by atoms with Gasteiger partial charge < -0.3 is 4.55 Å². The van der Waals surface area contributed by atoms with Crippen molar-refractivity contribution in [1.82, 2.24) is 0 Å². The van der Waals surface area contributed by atoms with Crippen LogP contribution in [0.2, 0.25) is 0 Å². The van der Waals surface area contributed by atoms with E-state index in [1.165, 1.54) is 14.7 Å². The molecular formula is C36H49F8O6PS3. The van der Waals surface area contributed by atoms with Crippen LogP contribution in [0.5, 0.6) is 0 Å². The summed E-state index contributed by atoms with van der Waals surface area (Å²) in [4.78, 5) is 4.08. The molecule has 0 radical (unpaired) electrons. The van der Waals surface area contributed by atoms with E-state index in [-0.39, 0.29) is 40.1 Å². The lowest BCUT2D eigenvalue weighted by Gasteiger charge is -2.32. The summed E-state index contributed by atoms with van der Waals surface area (Å²) in [5.41, 5.74) is 0. The van der Waals surface area contributed by atoms with E-state index in [0.29, 0.717) is 25.7 Å². The molecule has 6 nitrogen and oxygen atoms in total. The first-order chi connectivity index (χ1) is 24.4. The van der Waals surface area contributed by atoms with Crippen LogP contribution in [0.4, 0.5) is 35.1 Å². The minimum atomic E-state index is -6.37. The number of benzene rings is 3. The van der Waals surface area contributed by atoms with Crippen LogP contribution in [0.25, 0.3) is 0 Å². The monoisotopic (exact) mass is 856 g/mol. The van der Waals surface area contributed by atoms with Crippen molar-refractivity contribution in [3.05, 3.63) is 91.0 Å². The summed E-state index contributed by atoms with van der Waals surface area (Å²) in [7, 11) is -12.5. The highest BCUT2D eigenvalue weighted by Gasteiger charge is 2.67. The van der Waals surface area contributed by atoms with E-state index >= 15 is 0 Å². The van der Waals surface area contributed by atoms with Crippen molar-refractivity contribution in [1.29, 1.82) is 0 Å². The first-order valence-electron chi connectivity index (χ1n) is 16.7. The molecule has 0 spiro atoms. The molecule has 0 heterocycles. The quantitative estimate of drug-likeness (QED) is 0.0476. The zero-order valence-electron chi connectivity index (χ0n) is 30.4. The Bertz CT molecular complexity index is 1540. The Morgan fingerprint density at radius 1 is 0.574 bits per heavy atom. The van der Waals surface area contributed by atoms with Gasteiger partial charge in [0.05, 0.1) is 10.9 Å². The lowest BCUT2D eigenvalue weighted by atomic mass is 9.96. The number of hydrogen-bond acceptors (Lipinski definition) is 5. The predicted octanol–water partition coefficient (Wildman–Crippen LogP) is 11.1. The third-order valence-corrected chi connectivity index (χ3v) is 12.1. The molecule has 0 bridgehead atoms. The maximum atomic E-state index is 13.2. The van der Waals surface area contributed by atoms with Crippen molar-refractivity contribution in [3.63, 3.8) is 0 Å². The largest absolute Gasteiger partial charge is 0.743 e. The molecule has 1 N–H and O–H groups in total. The van der Waals surface area contributed by atoms with Crippen molar-refractivity contribution in [2.45, 2.75) is 116 Å². The Morgan fingerprint density at radius 3 is 1.09 bits per heavy atom. The van der Waals surface area contributed by atoms with E-state index in [0.717, 1.165) is 20.3 Å². The second-order valence-electron chi connectivity index (χ2n) is 12.2. The Labute approximate surface area is 320 Å². The van der Waals surface area contributed by atoms with Gasteiger partial charge in [-0.2, -0.15) is 53.4 Å². The van der Waals surface area contributed by atoms with E-state index in [1.54, 1.807) is 6.92 Å². The first kappa shape index (κ1) is 51.7. The highest BCUT2D eigenvalue weighted by atomic mass is 32.2. The minimum Gasteiger partial charge on any atom is -0.743 e. The highest BCUT2D eigenvalue weighted by Crippen LogP contribution is 2.46. The average molecular weight is 857 g/mol. The third-order valence-electron chi connectivity index (χ3n) is 8.07. The van der Waals surface area contributed by atoms with Crippen LogP contribution in [0, 0.1) is 11.8 Å². The van der Waals surface area contributed by atoms with Crippen LogP contribution in [-0.2, 0) is 31.1 Å². The van der Waals surface area contributed by atoms with Gasteiger partial charge in [-0.05, 0) is 49.2 Å². The molecule has 0 aliphatic rings. The van der Waals surface area contributed by atoms with Gasteiger partial charge in [-0.25, -0.2) is 8.42 Å². The molecule has 3 aromatic carbocycles. The Hall–Kier alpha value is -2.30. The van der Waals surface area contributed by atoms with Crippen LogP contribution in [0.1, 0.15) is 79.1 Å². The van der Waals surface area contributed by atoms with Crippen molar-refractivity contribution < 1.29 is 61.1 Å². The molecule has 18 heteroatoms. The summed E-state index contributed by atoms with van der Waals surface area (Å²) in [6.07, 6.45) is 2.71. The first-order valence-corrected chi connectivity index (χ1v) is 20.8. The molecule has 0 aliphatic heterocycles. The van der Waals surface area contributed by atoms with Crippen molar-refractivity contribution >= 4 is 41.0 Å². The van der Waals surface area contributed by atoms with Gasteiger partial charge in [-0.1, -0.05) is 121 Å². The van der Waals surface area contributed by atoms with Crippen LogP contribution >= 0.6 is 9.90 Å². The van der Waals surface area contributed by atoms with Gasteiger partial charge >= 0.3 is 32.5 Å². The summed E-state index contributed by atoms with van der Waals surface area (Å²) >= 11 is 0.